The molecule has 0 aliphatic heterocycles. The van der Waals surface area contributed by atoms with E-state index in [0.29, 0.717) is 17.9 Å². The molecular weight excluding hydrogens is 206 g/mol. The summed E-state index contributed by atoms with van der Waals surface area (Å²) in [6, 6.07) is 1.78. The quantitative estimate of drug-likeness (QED) is 0.832. The molecule has 1 aromatic rings. The molecule has 0 bridgehead atoms. The van der Waals surface area contributed by atoms with Crippen molar-refractivity contribution in [2.24, 2.45) is 0 Å². The lowest BCUT2D eigenvalue weighted by atomic mass is 9.96. The van der Waals surface area contributed by atoms with Crippen molar-refractivity contribution in [2.75, 3.05) is 13.7 Å². The molecule has 90 valence electrons. The van der Waals surface area contributed by atoms with Crippen LogP contribution in [0.4, 0.5) is 0 Å². The summed E-state index contributed by atoms with van der Waals surface area (Å²) < 4.78 is 10.6. The molecule has 0 saturated carbocycles. The van der Waals surface area contributed by atoms with Gasteiger partial charge in [-0.3, -0.25) is 4.98 Å². The van der Waals surface area contributed by atoms with Gasteiger partial charge in [0.2, 0.25) is 0 Å². The van der Waals surface area contributed by atoms with Gasteiger partial charge in [-0.15, -0.1) is 0 Å². The molecule has 4 nitrogen and oxygen atoms in total. The number of aromatic nitrogens is 1. The van der Waals surface area contributed by atoms with Crippen LogP contribution in [0, 0.1) is 0 Å². The zero-order valence-electron chi connectivity index (χ0n) is 10.2. The van der Waals surface area contributed by atoms with Gasteiger partial charge in [-0.2, -0.15) is 0 Å². The van der Waals surface area contributed by atoms with Crippen LogP contribution in [0.5, 0.6) is 5.75 Å². The van der Waals surface area contributed by atoms with Crippen molar-refractivity contribution in [2.45, 2.75) is 32.5 Å². The maximum absolute atomic E-state index is 10.1. The monoisotopic (exact) mass is 225 g/mol. The zero-order valence-corrected chi connectivity index (χ0v) is 10.2. The molecule has 0 aliphatic carbocycles. The van der Waals surface area contributed by atoms with Gasteiger partial charge in [0.1, 0.15) is 11.9 Å². The number of nitrogens with zero attached hydrogens (tertiary/aromatic N) is 1. The first kappa shape index (κ1) is 12.9. The molecule has 0 saturated heterocycles. The van der Waals surface area contributed by atoms with Gasteiger partial charge < -0.3 is 14.6 Å². The van der Waals surface area contributed by atoms with Gasteiger partial charge in [-0.1, -0.05) is 0 Å². The Hall–Kier alpha value is -1.13. The molecule has 1 unspecified atom stereocenters. The average molecular weight is 225 g/mol. The molecule has 1 atom stereocenters. The van der Waals surface area contributed by atoms with Gasteiger partial charge in [-0.25, -0.2) is 0 Å². The van der Waals surface area contributed by atoms with Crippen molar-refractivity contribution >= 4 is 0 Å². The minimum atomic E-state index is -0.731. The van der Waals surface area contributed by atoms with Gasteiger partial charge in [-0.05, 0) is 26.8 Å². The molecule has 1 N–H and O–H groups in total. The second-order valence-electron chi connectivity index (χ2n) is 4.10. The van der Waals surface area contributed by atoms with Crippen molar-refractivity contribution in [3.05, 3.63) is 24.0 Å². The summed E-state index contributed by atoms with van der Waals surface area (Å²) >= 11 is 0. The highest BCUT2D eigenvalue weighted by Crippen LogP contribution is 2.29. The summed E-state index contributed by atoms with van der Waals surface area (Å²) in [6.07, 6.45) is 2.51. The molecule has 0 spiro atoms. The fraction of sp³-hybridized carbons (Fsp3) is 0.583. The van der Waals surface area contributed by atoms with Crippen LogP contribution in [0.2, 0.25) is 0 Å². The second kappa shape index (κ2) is 5.27. The van der Waals surface area contributed by atoms with E-state index in [1.54, 1.807) is 25.6 Å². The number of ether oxygens (including phenoxy) is 2. The van der Waals surface area contributed by atoms with E-state index >= 15 is 0 Å². The Morgan fingerprint density at radius 2 is 2.12 bits per heavy atom. The SMILES string of the molecule is CCOc1cncc(C(O)C(C)(C)OC)c1. The third kappa shape index (κ3) is 2.93. The van der Waals surface area contributed by atoms with Gasteiger partial charge in [0.05, 0.1) is 18.4 Å². The van der Waals surface area contributed by atoms with Gasteiger partial charge >= 0.3 is 0 Å². The maximum Gasteiger partial charge on any atom is 0.137 e. The van der Waals surface area contributed by atoms with E-state index < -0.39 is 11.7 Å². The number of methoxy groups -OCH3 is 1. The summed E-state index contributed by atoms with van der Waals surface area (Å²) in [4.78, 5) is 4.03. The molecular formula is C12H19NO3. The minimum Gasteiger partial charge on any atom is -0.492 e. The highest BCUT2D eigenvalue weighted by Gasteiger charge is 2.29. The molecule has 16 heavy (non-hydrogen) atoms. The summed E-state index contributed by atoms with van der Waals surface area (Å²) in [5.74, 6) is 0.658. The number of pyridine rings is 1. The summed E-state index contributed by atoms with van der Waals surface area (Å²) in [6.45, 7) is 6.13. The van der Waals surface area contributed by atoms with E-state index in [1.165, 1.54) is 0 Å². The van der Waals surface area contributed by atoms with Crippen molar-refractivity contribution < 1.29 is 14.6 Å². The average Bonchev–Trinajstić information content (AvgIpc) is 2.29. The van der Waals surface area contributed by atoms with Gasteiger partial charge in [0.25, 0.3) is 0 Å². The molecule has 0 fully saturated rings. The van der Waals surface area contributed by atoms with Crippen molar-refractivity contribution in [3.8, 4) is 5.75 Å². The summed E-state index contributed by atoms with van der Waals surface area (Å²) in [5, 5.41) is 10.1. The Kier molecular flexibility index (Phi) is 4.26. The molecule has 0 radical (unpaired) electrons. The van der Waals surface area contributed by atoms with Crippen molar-refractivity contribution in [1.82, 2.24) is 4.98 Å². The number of hydrogen-bond donors (Lipinski definition) is 1. The standard InChI is InChI=1S/C12H19NO3/c1-5-16-10-6-9(7-13-8-10)11(14)12(2,3)15-4/h6-8,11,14H,5H2,1-4H3. The maximum atomic E-state index is 10.1. The number of hydrogen-bond acceptors (Lipinski definition) is 4. The Bertz CT molecular complexity index is 339. The topological polar surface area (TPSA) is 51.6 Å². The van der Waals surface area contributed by atoms with E-state index in [-0.39, 0.29) is 0 Å². The first-order valence-electron chi connectivity index (χ1n) is 5.32. The van der Waals surface area contributed by atoms with Crippen LogP contribution in [0.15, 0.2) is 18.5 Å². The zero-order chi connectivity index (χ0) is 12.2. The van der Waals surface area contributed by atoms with Crippen LogP contribution < -0.4 is 4.74 Å². The lowest BCUT2D eigenvalue weighted by Gasteiger charge is -2.29. The van der Waals surface area contributed by atoms with E-state index in [0.717, 1.165) is 0 Å². The lowest BCUT2D eigenvalue weighted by molar-refractivity contribution is -0.0795. The van der Waals surface area contributed by atoms with Crippen LogP contribution in [-0.4, -0.2) is 29.4 Å². The van der Waals surface area contributed by atoms with Crippen LogP contribution in [0.3, 0.4) is 0 Å². The summed E-state index contributed by atoms with van der Waals surface area (Å²) in [7, 11) is 1.57. The Morgan fingerprint density at radius 1 is 1.44 bits per heavy atom. The van der Waals surface area contributed by atoms with Gasteiger partial charge in [0, 0.05) is 18.9 Å². The van der Waals surface area contributed by atoms with Gasteiger partial charge in [0.15, 0.2) is 0 Å². The third-order valence-corrected chi connectivity index (χ3v) is 2.55. The normalized spacial score (nSPS) is 13.6. The van der Waals surface area contributed by atoms with E-state index in [4.69, 9.17) is 9.47 Å². The van der Waals surface area contributed by atoms with E-state index in [1.807, 2.05) is 20.8 Å². The molecule has 4 heteroatoms. The third-order valence-electron chi connectivity index (χ3n) is 2.55. The van der Waals surface area contributed by atoms with E-state index in [9.17, 15) is 5.11 Å². The Labute approximate surface area is 96.2 Å². The number of rotatable bonds is 5. The van der Waals surface area contributed by atoms with Crippen LogP contribution >= 0.6 is 0 Å². The Balaban J connectivity index is 2.91. The molecule has 0 amide bonds. The number of aliphatic hydroxyl groups is 1. The highest BCUT2D eigenvalue weighted by molar-refractivity contribution is 5.26. The lowest BCUT2D eigenvalue weighted by Crippen LogP contribution is -2.31. The van der Waals surface area contributed by atoms with Crippen molar-refractivity contribution in [3.63, 3.8) is 0 Å². The summed E-state index contributed by atoms with van der Waals surface area (Å²) in [5.41, 5.74) is 0.0461. The highest BCUT2D eigenvalue weighted by atomic mass is 16.5. The first-order chi connectivity index (χ1) is 7.51. The molecule has 1 heterocycles. The smallest absolute Gasteiger partial charge is 0.137 e. The molecule has 0 aliphatic rings. The largest absolute Gasteiger partial charge is 0.492 e. The Morgan fingerprint density at radius 3 is 2.69 bits per heavy atom. The molecule has 1 aromatic heterocycles. The van der Waals surface area contributed by atoms with Crippen LogP contribution in [-0.2, 0) is 4.74 Å². The first-order valence-corrected chi connectivity index (χ1v) is 5.32. The fourth-order valence-corrected chi connectivity index (χ4v) is 1.34. The minimum absolute atomic E-state index is 0.578. The number of aliphatic hydroxyl groups excluding tert-OH is 1. The second-order valence-corrected chi connectivity index (χ2v) is 4.10. The predicted molar refractivity (Wildman–Crippen MR) is 61.5 cm³/mol. The van der Waals surface area contributed by atoms with E-state index in [2.05, 4.69) is 4.98 Å². The molecule has 1 rings (SSSR count). The predicted octanol–water partition coefficient (Wildman–Crippen LogP) is 1.94. The molecule has 0 aromatic carbocycles. The van der Waals surface area contributed by atoms with Crippen molar-refractivity contribution in [1.29, 1.82) is 0 Å². The van der Waals surface area contributed by atoms with Crippen LogP contribution in [0.25, 0.3) is 0 Å². The fourth-order valence-electron chi connectivity index (χ4n) is 1.34. The van der Waals surface area contributed by atoms with Crippen LogP contribution in [0.1, 0.15) is 32.4 Å².